The summed E-state index contributed by atoms with van der Waals surface area (Å²) in [5.74, 6) is 1.54. The van der Waals surface area contributed by atoms with Crippen LogP contribution in [0.25, 0.3) is 5.69 Å². The molecule has 1 amide bonds. The van der Waals surface area contributed by atoms with Crippen LogP contribution in [-0.2, 0) is 4.79 Å². The molecule has 6 nitrogen and oxygen atoms in total. The molecule has 0 bridgehead atoms. The van der Waals surface area contributed by atoms with Gasteiger partial charge >= 0.3 is 0 Å². The summed E-state index contributed by atoms with van der Waals surface area (Å²) in [6, 6.07) is 16.9. The summed E-state index contributed by atoms with van der Waals surface area (Å²) in [6.45, 7) is 1.48. The first-order chi connectivity index (χ1) is 13.6. The van der Waals surface area contributed by atoms with Gasteiger partial charge in [0.05, 0.1) is 11.4 Å². The number of thioether (sulfide) groups is 1. The maximum atomic E-state index is 12.5. The molecule has 1 heterocycles. The number of nitrogens with zero attached hydrogens (tertiary/aromatic N) is 3. The van der Waals surface area contributed by atoms with Crippen LogP contribution in [0.5, 0.6) is 0 Å². The van der Waals surface area contributed by atoms with Crippen LogP contribution < -0.4 is 5.32 Å². The van der Waals surface area contributed by atoms with Crippen molar-refractivity contribution in [3.63, 3.8) is 0 Å². The molecule has 1 fully saturated rings. The third-order valence-electron chi connectivity index (χ3n) is 4.45. The molecule has 142 valence electrons. The second kappa shape index (κ2) is 7.98. The zero-order chi connectivity index (χ0) is 19.5. The number of hydrogen-bond acceptors (Lipinski definition) is 5. The molecule has 0 atom stereocenters. The lowest BCUT2D eigenvalue weighted by molar-refractivity contribution is -0.114. The van der Waals surface area contributed by atoms with E-state index in [1.807, 2.05) is 59.2 Å². The molecule has 4 rings (SSSR count). The maximum absolute atomic E-state index is 12.5. The van der Waals surface area contributed by atoms with E-state index in [-0.39, 0.29) is 17.4 Å². The Morgan fingerprint density at radius 2 is 1.89 bits per heavy atom. The molecule has 0 radical (unpaired) electrons. The van der Waals surface area contributed by atoms with Crippen molar-refractivity contribution in [2.45, 2.75) is 30.8 Å². The SMILES string of the molecule is CC(=O)Nc1cccc(-n2c(SCC(=O)c3ccccc3)nnc2C2CC2)c1. The quantitative estimate of drug-likeness (QED) is 0.484. The lowest BCUT2D eigenvalue weighted by Gasteiger charge is -2.11. The second-order valence-corrected chi connectivity index (χ2v) is 7.70. The summed E-state index contributed by atoms with van der Waals surface area (Å²) >= 11 is 1.38. The van der Waals surface area contributed by atoms with Gasteiger partial charge in [0.2, 0.25) is 5.91 Å². The van der Waals surface area contributed by atoms with Crippen molar-refractivity contribution in [3.8, 4) is 5.69 Å². The number of nitrogens with one attached hydrogen (secondary N) is 1. The lowest BCUT2D eigenvalue weighted by Crippen LogP contribution is -2.08. The van der Waals surface area contributed by atoms with Gasteiger partial charge in [-0.3, -0.25) is 14.2 Å². The van der Waals surface area contributed by atoms with Crippen LogP contribution in [0.2, 0.25) is 0 Å². The van der Waals surface area contributed by atoms with Gasteiger partial charge in [0, 0.05) is 24.1 Å². The molecule has 0 spiro atoms. The molecule has 0 unspecified atom stereocenters. The number of amides is 1. The topological polar surface area (TPSA) is 76.9 Å². The van der Waals surface area contributed by atoms with Crippen molar-refractivity contribution < 1.29 is 9.59 Å². The van der Waals surface area contributed by atoms with E-state index in [0.717, 1.165) is 30.0 Å². The number of hydrogen-bond donors (Lipinski definition) is 1. The molecule has 0 aliphatic heterocycles. The van der Waals surface area contributed by atoms with Gasteiger partial charge in [-0.2, -0.15) is 0 Å². The van der Waals surface area contributed by atoms with E-state index in [1.165, 1.54) is 18.7 Å². The van der Waals surface area contributed by atoms with Crippen molar-refractivity contribution in [3.05, 3.63) is 66.0 Å². The standard InChI is InChI=1S/C21H20N4O2S/c1-14(26)22-17-8-5-9-18(12-17)25-20(16-10-11-16)23-24-21(25)28-13-19(27)15-6-3-2-4-7-15/h2-9,12,16H,10-11,13H2,1H3,(H,22,26). The number of carbonyl (C=O) groups excluding carboxylic acids is 2. The van der Waals surface area contributed by atoms with Crippen LogP contribution in [-0.4, -0.2) is 32.2 Å². The smallest absolute Gasteiger partial charge is 0.221 e. The Balaban J connectivity index is 1.61. The van der Waals surface area contributed by atoms with Gasteiger partial charge < -0.3 is 5.32 Å². The fraction of sp³-hybridized carbons (Fsp3) is 0.238. The average molecular weight is 392 g/mol. The minimum atomic E-state index is -0.119. The summed E-state index contributed by atoms with van der Waals surface area (Å²) < 4.78 is 2.01. The summed E-state index contributed by atoms with van der Waals surface area (Å²) in [4.78, 5) is 23.9. The highest BCUT2D eigenvalue weighted by molar-refractivity contribution is 7.99. The fourth-order valence-corrected chi connectivity index (χ4v) is 3.84. The molecule has 7 heteroatoms. The highest BCUT2D eigenvalue weighted by Gasteiger charge is 2.31. The van der Waals surface area contributed by atoms with Crippen molar-refractivity contribution in [1.82, 2.24) is 14.8 Å². The minimum Gasteiger partial charge on any atom is -0.326 e. The molecule has 28 heavy (non-hydrogen) atoms. The van der Waals surface area contributed by atoms with Crippen molar-refractivity contribution in [2.75, 3.05) is 11.1 Å². The van der Waals surface area contributed by atoms with E-state index in [4.69, 9.17) is 0 Å². The third kappa shape index (κ3) is 4.14. The number of anilines is 1. The highest BCUT2D eigenvalue weighted by atomic mass is 32.2. The van der Waals surface area contributed by atoms with Crippen LogP contribution in [0.1, 0.15) is 41.9 Å². The fourth-order valence-electron chi connectivity index (χ4n) is 2.99. The van der Waals surface area contributed by atoms with Gasteiger partial charge in [-0.25, -0.2) is 0 Å². The number of benzene rings is 2. The van der Waals surface area contributed by atoms with Crippen molar-refractivity contribution in [2.24, 2.45) is 0 Å². The van der Waals surface area contributed by atoms with Crippen LogP contribution in [0, 0.1) is 0 Å². The summed E-state index contributed by atoms with van der Waals surface area (Å²) in [5, 5.41) is 12.2. The summed E-state index contributed by atoms with van der Waals surface area (Å²) in [6.07, 6.45) is 2.19. The molecule has 1 aliphatic carbocycles. The van der Waals surface area contributed by atoms with Gasteiger partial charge in [-0.1, -0.05) is 48.2 Å². The van der Waals surface area contributed by atoms with Crippen molar-refractivity contribution >= 4 is 29.1 Å². The van der Waals surface area contributed by atoms with Crippen molar-refractivity contribution in [1.29, 1.82) is 0 Å². The number of ketones is 1. The van der Waals surface area contributed by atoms with Gasteiger partial charge in [-0.05, 0) is 31.0 Å². The Kier molecular flexibility index (Phi) is 5.25. The highest BCUT2D eigenvalue weighted by Crippen LogP contribution is 2.41. The largest absolute Gasteiger partial charge is 0.326 e. The monoisotopic (exact) mass is 392 g/mol. The molecule has 1 aromatic heterocycles. The molecule has 1 N–H and O–H groups in total. The Morgan fingerprint density at radius 1 is 1.11 bits per heavy atom. The number of rotatable bonds is 7. The van der Waals surface area contributed by atoms with E-state index >= 15 is 0 Å². The maximum Gasteiger partial charge on any atom is 0.221 e. The zero-order valence-corrected chi connectivity index (χ0v) is 16.3. The summed E-state index contributed by atoms with van der Waals surface area (Å²) in [5.41, 5.74) is 2.29. The van der Waals surface area contributed by atoms with Gasteiger partial charge in [0.15, 0.2) is 10.9 Å². The predicted molar refractivity (Wildman–Crippen MR) is 109 cm³/mol. The van der Waals surface area contributed by atoms with Crippen LogP contribution >= 0.6 is 11.8 Å². The van der Waals surface area contributed by atoms with Crippen LogP contribution in [0.4, 0.5) is 5.69 Å². The molecule has 1 saturated carbocycles. The van der Waals surface area contributed by atoms with Crippen LogP contribution in [0.3, 0.4) is 0 Å². The molecule has 2 aromatic carbocycles. The Hall–Kier alpha value is -2.93. The van der Waals surface area contributed by atoms with E-state index in [0.29, 0.717) is 16.6 Å². The van der Waals surface area contributed by atoms with Gasteiger partial charge in [0.25, 0.3) is 0 Å². The Morgan fingerprint density at radius 3 is 2.61 bits per heavy atom. The summed E-state index contributed by atoms with van der Waals surface area (Å²) in [7, 11) is 0. The minimum absolute atomic E-state index is 0.0557. The lowest BCUT2D eigenvalue weighted by atomic mass is 10.2. The van der Waals surface area contributed by atoms with Crippen LogP contribution in [0.15, 0.2) is 59.8 Å². The normalized spacial score (nSPS) is 13.3. The Bertz CT molecular complexity index is 1010. The first-order valence-corrected chi connectivity index (χ1v) is 10.1. The second-order valence-electron chi connectivity index (χ2n) is 6.76. The first kappa shape index (κ1) is 18.4. The first-order valence-electron chi connectivity index (χ1n) is 9.16. The number of carbonyl (C=O) groups is 2. The van der Waals surface area contributed by atoms with Gasteiger partial charge in [0.1, 0.15) is 5.82 Å². The van der Waals surface area contributed by atoms with E-state index in [9.17, 15) is 9.59 Å². The van der Waals surface area contributed by atoms with E-state index < -0.39 is 0 Å². The van der Waals surface area contributed by atoms with Gasteiger partial charge in [-0.15, -0.1) is 10.2 Å². The van der Waals surface area contributed by atoms with E-state index in [2.05, 4.69) is 15.5 Å². The molecule has 3 aromatic rings. The predicted octanol–water partition coefficient (Wildman–Crippen LogP) is 4.08. The molecule has 0 saturated heterocycles. The average Bonchev–Trinajstić information content (AvgIpc) is 3.46. The molecule has 1 aliphatic rings. The number of Topliss-reactive ketones (excluding diaryl/α,β-unsaturated/α-hetero) is 1. The number of aromatic nitrogens is 3. The zero-order valence-electron chi connectivity index (χ0n) is 15.5. The van der Waals surface area contributed by atoms with E-state index in [1.54, 1.807) is 0 Å². The third-order valence-corrected chi connectivity index (χ3v) is 5.38. The molecular formula is C21H20N4O2S. The Labute approximate surface area is 167 Å². The molecular weight excluding hydrogens is 372 g/mol.